The van der Waals surface area contributed by atoms with Crippen LogP contribution in [-0.4, -0.2) is 86.3 Å². The number of likely N-dealkylation sites (N-methyl/N-ethyl adjacent to an activating group) is 1. The quantitative estimate of drug-likeness (QED) is 0.242. The van der Waals surface area contributed by atoms with Gasteiger partial charge < -0.3 is 30.1 Å². The summed E-state index contributed by atoms with van der Waals surface area (Å²) in [6.45, 7) is 5.51. The van der Waals surface area contributed by atoms with E-state index in [1.807, 2.05) is 13.8 Å². The van der Waals surface area contributed by atoms with E-state index in [1.165, 1.54) is 34.5 Å². The SMILES string of the molecule is C[C@@H]1CCCCO[C@@H](CN(C)S(=O)(=O)c2ccccc2)[C@H](C)CN([C@H](C)CO)C(=O)c2cc(NC(=O)Nc3ccc(C(F)(F)F)cc3)ccc2O1. The van der Waals surface area contributed by atoms with Gasteiger partial charge in [0.15, 0.2) is 0 Å². The number of aliphatic hydroxyl groups is 1. The van der Waals surface area contributed by atoms with Crippen molar-refractivity contribution in [2.24, 2.45) is 5.92 Å². The van der Waals surface area contributed by atoms with Gasteiger partial charge in [-0.25, -0.2) is 13.2 Å². The summed E-state index contributed by atoms with van der Waals surface area (Å²) in [5.41, 5.74) is -0.407. The minimum atomic E-state index is -4.52. The number of carbonyl (C=O) groups is 2. The van der Waals surface area contributed by atoms with Crippen LogP contribution in [0.4, 0.5) is 29.3 Å². The van der Waals surface area contributed by atoms with Crippen LogP contribution in [0.15, 0.2) is 77.7 Å². The van der Waals surface area contributed by atoms with Crippen LogP contribution < -0.4 is 15.4 Å². The number of ether oxygens (including phenoxy) is 2. The van der Waals surface area contributed by atoms with Gasteiger partial charge in [-0.05, 0) is 87.7 Å². The fraction of sp³-hybridized carbons (Fsp3) is 0.444. The summed E-state index contributed by atoms with van der Waals surface area (Å²) < 4.78 is 79.3. The van der Waals surface area contributed by atoms with Crippen molar-refractivity contribution >= 4 is 33.3 Å². The van der Waals surface area contributed by atoms with Gasteiger partial charge in [0, 0.05) is 44.0 Å². The molecule has 0 aliphatic carbocycles. The van der Waals surface area contributed by atoms with Gasteiger partial charge >= 0.3 is 12.2 Å². The minimum Gasteiger partial charge on any atom is -0.490 e. The highest BCUT2D eigenvalue weighted by molar-refractivity contribution is 7.89. The van der Waals surface area contributed by atoms with Crippen molar-refractivity contribution in [3.05, 3.63) is 83.9 Å². The largest absolute Gasteiger partial charge is 0.490 e. The number of hydrogen-bond acceptors (Lipinski definition) is 7. The van der Waals surface area contributed by atoms with Gasteiger partial charge in [-0.1, -0.05) is 25.1 Å². The van der Waals surface area contributed by atoms with E-state index in [-0.39, 0.29) is 53.4 Å². The van der Waals surface area contributed by atoms with Crippen molar-refractivity contribution < 1.29 is 45.8 Å². The third kappa shape index (κ3) is 10.7. The number of halogens is 3. The first-order valence-corrected chi connectivity index (χ1v) is 18.1. The molecule has 4 atom stereocenters. The molecule has 51 heavy (non-hydrogen) atoms. The number of rotatable bonds is 8. The molecule has 1 aliphatic rings. The summed E-state index contributed by atoms with van der Waals surface area (Å²) in [4.78, 5) is 28.8. The zero-order valence-corrected chi connectivity index (χ0v) is 29.8. The summed E-state index contributed by atoms with van der Waals surface area (Å²) in [7, 11) is -2.34. The lowest BCUT2D eigenvalue weighted by Crippen LogP contribution is -2.48. The molecule has 4 rings (SSSR count). The Balaban J connectivity index is 1.60. The number of sulfonamides is 1. The normalized spacial score (nSPS) is 20.1. The molecule has 3 aromatic carbocycles. The molecule has 0 radical (unpaired) electrons. The molecule has 0 aromatic heterocycles. The lowest BCUT2D eigenvalue weighted by Gasteiger charge is -2.35. The van der Waals surface area contributed by atoms with Gasteiger partial charge in [0.25, 0.3) is 5.91 Å². The summed E-state index contributed by atoms with van der Waals surface area (Å²) in [6, 6.07) is 15.2. The number of hydrogen-bond donors (Lipinski definition) is 3. The zero-order chi connectivity index (χ0) is 37.3. The average molecular weight is 735 g/mol. The Morgan fingerprint density at radius 1 is 1.02 bits per heavy atom. The molecule has 0 unspecified atom stereocenters. The van der Waals surface area contributed by atoms with Crippen molar-refractivity contribution in [2.45, 2.75) is 69.4 Å². The molecular weight excluding hydrogens is 689 g/mol. The van der Waals surface area contributed by atoms with Crippen LogP contribution in [0.1, 0.15) is 56.0 Å². The van der Waals surface area contributed by atoms with Gasteiger partial charge in [-0.15, -0.1) is 0 Å². The Kier molecular flexibility index (Phi) is 13.5. The predicted molar refractivity (Wildman–Crippen MR) is 187 cm³/mol. The van der Waals surface area contributed by atoms with Crippen molar-refractivity contribution in [1.29, 1.82) is 0 Å². The van der Waals surface area contributed by atoms with Crippen LogP contribution in [-0.2, 0) is 20.9 Å². The number of nitrogens with zero attached hydrogens (tertiary/aromatic N) is 2. The van der Waals surface area contributed by atoms with E-state index in [2.05, 4.69) is 10.6 Å². The molecule has 0 saturated heterocycles. The van der Waals surface area contributed by atoms with E-state index in [0.29, 0.717) is 19.4 Å². The van der Waals surface area contributed by atoms with Crippen LogP contribution in [0.3, 0.4) is 0 Å². The third-order valence-electron chi connectivity index (χ3n) is 8.67. The van der Waals surface area contributed by atoms with E-state index in [1.54, 1.807) is 37.3 Å². The first kappa shape index (κ1) is 39.6. The molecule has 3 amide bonds. The molecule has 0 fully saturated rings. The number of anilines is 2. The number of amides is 3. The van der Waals surface area contributed by atoms with Crippen LogP contribution in [0.5, 0.6) is 5.75 Å². The molecule has 3 N–H and O–H groups in total. The Morgan fingerprint density at radius 3 is 2.31 bits per heavy atom. The molecule has 15 heteroatoms. The number of benzene rings is 3. The molecule has 0 spiro atoms. The molecular formula is C36H45F3N4O7S. The van der Waals surface area contributed by atoms with Crippen molar-refractivity contribution in [1.82, 2.24) is 9.21 Å². The summed E-state index contributed by atoms with van der Waals surface area (Å²) in [6.07, 6.45) is -3.37. The number of carbonyl (C=O) groups excluding carboxylic acids is 2. The van der Waals surface area contributed by atoms with Crippen LogP contribution in [0.25, 0.3) is 0 Å². The highest BCUT2D eigenvalue weighted by Gasteiger charge is 2.33. The number of aliphatic hydroxyl groups excluding tert-OH is 1. The molecule has 1 heterocycles. The highest BCUT2D eigenvalue weighted by atomic mass is 32.2. The third-order valence-corrected chi connectivity index (χ3v) is 10.5. The second-order valence-corrected chi connectivity index (χ2v) is 14.8. The fourth-order valence-electron chi connectivity index (χ4n) is 5.62. The standard InChI is InChI=1S/C36H45F3N4O7S/c1-24-21-43(25(2)23-44)34(45)31-20-29(41-35(46)40-28-15-13-27(14-16-28)36(37,38)39)17-18-32(31)50-26(3)10-8-9-19-49-33(24)22-42(4)51(47,48)30-11-6-5-7-12-30/h5-7,11-18,20,24-26,33,44H,8-10,19,21-23H2,1-4H3,(H2,40,41,46)/t24-,25-,26-,33+/m1/s1. The number of alkyl halides is 3. The Morgan fingerprint density at radius 2 is 1.67 bits per heavy atom. The second kappa shape index (κ2) is 17.4. The van der Waals surface area contributed by atoms with E-state index in [4.69, 9.17) is 9.47 Å². The summed E-state index contributed by atoms with van der Waals surface area (Å²) in [5, 5.41) is 15.3. The van der Waals surface area contributed by atoms with Gasteiger partial charge in [-0.3, -0.25) is 4.79 Å². The number of fused-ring (bicyclic) bond motifs is 1. The second-order valence-electron chi connectivity index (χ2n) is 12.8. The number of urea groups is 1. The maximum atomic E-state index is 14.3. The Labute approximate surface area is 296 Å². The smallest absolute Gasteiger partial charge is 0.416 e. The van der Waals surface area contributed by atoms with Gasteiger partial charge in [-0.2, -0.15) is 17.5 Å². The first-order chi connectivity index (χ1) is 24.1. The molecule has 278 valence electrons. The molecule has 11 nitrogen and oxygen atoms in total. The summed E-state index contributed by atoms with van der Waals surface area (Å²) >= 11 is 0. The van der Waals surface area contributed by atoms with E-state index >= 15 is 0 Å². The Hall–Kier alpha value is -4.18. The lowest BCUT2D eigenvalue weighted by molar-refractivity contribution is -0.137. The maximum absolute atomic E-state index is 14.3. The number of nitrogens with one attached hydrogen (secondary N) is 2. The first-order valence-electron chi connectivity index (χ1n) is 16.7. The van der Waals surface area contributed by atoms with E-state index in [9.17, 15) is 36.3 Å². The zero-order valence-electron chi connectivity index (χ0n) is 29.0. The average Bonchev–Trinajstić information content (AvgIpc) is 3.09. The molecule has 0 bridgehead atoms. The van der Waals surface area contributed by atoms with Crippen molar-refractivity contribution in [2.75, 3.05) is 44.0 Å². The predicted octanol–water partition coefficient (Wildman–Crippen LogP) is 6.47. The van der Waals surface area contributed by atoms with E-state index < -0.39 is 51.8 Å². The van der Waals surface area contributed by atoms with Crippen LogP contribution >= 0.6 is 0 Å². The fourth-order valence-corrected chi connectivity index (χ4v) is 6.83. The van der Waals surface area contributed by atoms with Crippen LogP contribution in [0.2, 0.25) is 0 Å². The van der Waals surface area contributed by atoms with Crippen LogP contribution in [0, 0.1) is 5.92 Å². The highest BCUT2D eigenvalue weighted by Crippen LogP contribution is 2.31. The Bertz CT molecular complexity index is 1730. The van der Waals surface area contributed by atoms with Crippen molar-refractivity contribution in [3.8, 4) is 5.75 Å². The van der Waals surface area contributed by atoms with Gasteiger partial charge in [0.1, 0.15) is 5.75 Å². The lowest BCUT2D eigenvalue weighted by atomic mass is 10.0. The van der Waals surface area contributed by atoms with Gasteiger partial charge in [0.05, 0.1) is 40.9 Å². The summed E-state index contributed by atoms with van der Waals surface area (Å²) in [5.74, 6) is -0.626. The molecule has 3 aromatic rings. The van der Waals surface area contributed by atoms with E-state index in [0.717, 1.165) is 30.7 Å². The maximum Gasteiger partial charge on any atom is 0.416 e. The van der Waals surface area contributed by atoms with Gasteiger partial charge in [0.2, 0.25) is 10.0 Å². The topological polar surface area (TPSA) is 138 Å². The molecule has 1 aliphatic heterocycles. The monoisotopic (exact) mass is 734 g/mol. The van der Waals surface area contributed by atoms with Crippen molar-refractivity contribution in [3.63, 3.8) is 0 Å². The minimum absolute atomic E-state index is 0.0200. The molecule has 0 saturated carbocycles.